The molecule has 0 saturated carbocycles. The molecule has 3 nitrogen and oxygen atoms in total. The fourth-order valence-corrected chi connectivity index (χ4v) is 3.16. The summed E-state index contributed by atoms with van der Waals surface area (Å²) >= 11 is 0. The molecule has 1 unspecified atom stereocenters. The van der Waals surface area contributed by atoms with E-state index in [0.29, 0.717) is 6.42 Å². The van der Waals surface area contributed by atoms with Crippen LogP contribution in [0.1, 0.15) is 38.2 Å². The van der Waals surface area contributed by atoms with Crippen LogP contribution in [0.5, 0.6) is 0 Å². The zero-order valence-corrected chi connectivity index (χ0v) is 12.3. The van der Waals surface area contributed by atoms with E-state index in [4.69, 9.17) is 0 Å². The first kappa shape index (κ1) is 15.0. The summed E-state index contributed by atoms with van der Waals surface area (Å²) in [7, 11) is 0. The van der Waals surface area contributed by atoms with E-state index in [2.05, 4.69) is 35.2 Å². The molecule has 1 aromatic rings. The van der Waals surface area contributed by atoms with Crippen molar-refractivity contribution in [1.82, 2.24) is 4.90 Å². The Morgan fingerprint density at radius 1 is 1.30 bits per heavy atom. The van der Waals surface area contributed by atoms with Crippen LogP contribution in [0.25, 0.3) is 0 Å². The molecule has 1 aromatic carbocycles. The molecule has 0 spiro atoms. The number of benzene rings is 1. The van der Waals surface area contributed by atoms with E-state index in [1.807, 2.05) is 6.92 Å². The Hall–Kier alpha value is -1.35. The van der Waals surface area contributed by atoms with Gasteiger partial charge in [-0.2, -0.15) is 0 Å². The van der Waals surface area contributed by atoms with Crippen LogP contribution in [0, 0.1) is 5.92 Å². The third-order valence-electron chi connectivity index (χ3n) is 4.45. The highest BCUT2D eigenvalue weighted by Gasteiger charge is 2.27. The van der Waals surface area contributed by atoms with E-state index in [1.54, 1.807) is 0 Å². The van der Waals surface area contributed by atoms with Gasteiger partial charge in [-0.05, 0) is 56.7 Å². The molecule has 3 heteroatoms. The molecule has 1 aliphatic heterocycles. The highest BCUT2D eigenvalue weighted by molar-refractivity contribution is 5.73. The Labute approximate surface area is 121 Å². The third-order valence-corrected chi connectivity index (χ3v) is 4.45. The van der Waals surface area contributed by atoms with Gasteiger partial charge in [0.15, 0.2) is 0 Å². The summed E-state index contributed by atoms with van der Waals surface area (Å²) in [5.74, 6) is 0.0768. The van der Waals surface area contributed by atoms with Gasteiger partial charge in [-0.3, -0.25) is 9.69 Å². The molecule has 1 aliphatic rings. The summed E-state index contributed by atoms with van der Waals surface area (Å²) in [6.07, 6.45) is 5.33. The van der Waals surface area contributed by atoms with Crippen LogP contribution in [0.2, 0.25) is 0 Å². The second-order valence-corrected chi connectivity index (χ2v) is 5.77. The molecule has 0 bridgehead atoms. The van der Waals surface area contributed by atoms with Gasteiger partial charge in [0.05, 0.1) is 0 Å². The predicted octanol–water partition coefficient (Wildman–Crippen LogP) is 3.19. The van der Waals surface area contributed by atoms with Gasteiger partial charge in [-0.25, -0.2) is 0 Å². The van der Waals surface area contributed by atoms with Crippen molar-refractivity contribution in [3.63, 3.8) is 0 Å². The maximum absolute atomic E-state index is 11.2. The van der Waals surface area contributed by atoms with E-state index < -0.39 is 5.97 Å². The van der Waals surface area contributed by atoms with Crippen molar-refractivity contribution in [2.75, 3.05) is 13.1 Å². The zero-order chi connectivity index (χ0) is 14.4. The molecule has 1 saturated heterocycles. The van der Waals surface area contributed by atoms with E-state index in [9.17, 15) is 9.90 Å². The van der Waals surface area contributed by atoms with Crippen LogP contribution in [-0.2, 0) is 11.2 Å². The number of nitrogens with zero attached hydrogens (tertiary/aromatic N) is 1. The maximum Gasteiger partial charge on any atom is 0.320 e. The monoisotopic (exact) mass is 275 g/mol. The molecule has 0 amide bonds. The quantitative estimate of drug-likeness (QED) is 0.866. The van der Waals surface area contributed by atoms with Crippen molar-refractivity contribution in [3.8, 4) is 0 Å². The smallest absolute Gasteiger partial charge is 0.320 e. The lowest BCUT2D eigenvalue weighted by Crippen LogP contribution is -2.45. The Kier molecular flexibility index (Phi) is 5.60. The Morgan fingerprint density at radius 2 is 1.95 bits per heavy atom. The molecule has 1 fully saturated rings. The van der Waals surface area contributed by atoms with Crippen molar-refractivity contribution >= 4 is 5.97 Å². The van der Waals surface area contributed by atoms with Crippen LogP contribution >= 0.6 is 0 Å². The summed E-state index contributed by atoms with van der Waals surface area (Å²) in [5, 5.41) is 9.20. The zero-order valence-electron chi connectivity index (χ0n) is 12.3. The highest BCUT2D eigenvalue weighted by atomic mass is 16.4. The fourth-order valence-electron chi connectivity index (χ4n) is 3.16. The second-order valence-electron chi connectivity index (χ2n) is 5.77. The minimum Gasteiger partial charge on any atom is -0.480 e. The third kappa shape index (κ3) is 4.07. The first-order valence-electron chi connectivity index (χ1n) is 7.71. The summed E-state index contributed by atoms with van der Waals surface area (Å²) in [5.41, 5.74) is 1.41. The Bertz CT molecular complexity index is 410. The molecule has 1 N–H and O–H groups in total. The topological polar surface area (TPSA) is 40.5 Å². The number of aryl methyl sites for hydroxylation is 1. The van der Waals surface area contributed by atoms with Crippen LogP contribution < -0.4 is 0 Å². The van der Waals surface area contributed by atoms with Gasteiger partial charge in [-0.15, -0.1) is 0 Å². The lowest BCUT2D eigenvalue weighted by Gasteiger charge is -2.35. The van der Waals surface area contributed by atoms with Crippen molar-refractivity contribution < 1.29 is 9.90 Å². The summed E-state index contributed by atoms with van der Waals surface area (Å²) in [6.45, 7) is 3.83. The molecule has 0 aromatic heterocycles. The van der Waals surface area contributed by atoms with Gasteiger partial charge < -0.3 is 5.11 Å². The van der Waals surface area contributed by atoms with Crippen LogP contribution in [-0.4, -0.2) is 35.1 Å². The average molecular weight is 275 g/mol. The Morgan fingerprint density at radius 3 is 2.50 bits per heavy atom. The van der Waals surface area contributed by atoms with E-state index in [-0.39, 0.29) is 6.04 Å². The number of hydrogen-bond donors (Lipinski definition) is 1. The van der Waals surface area contributed by atoms with Gasteiger partial charge in [0.1, 0.15) is 6.04 Å². The van der Waals surface area contributed by atoms with E-state index in [1.165, 1.54) is 12.0 Å². The van der Waals surface area contributed by atoms with Crippen molar-refractivity contribution in [1.29, 1.82) is 0 Å². The predicted molar refractivity (Wildman–Crippen MR) is 80.8 cm³/mol. The Balaban J connectivity index is 1.75. The molecular formula is C17H25NO2. The first-order valence-corrected chi connectivity index (χ1v) is 7.71. The molecule has 2 rings (SSSR count). The minimum atomic E-state index is -0.671. The molecule has 0 radical (unpaired) electrons. The van der Waals surface area contributed by atoms with Crippen LogP contribution in [0.4, 0.5) is 0 Å². The van der Waals surface area contributed by atoms with Crippen molar-refractivity contribution in [2.45, 2.75) is 45.1 Å². The normalized spacial score (nSPS) is 18.9. The summed E-state index contributed by atoms with van der Waals surface area (Å²) in [4.78, 5) is 13.3. The molecule has 0 aliphatic carbocycles. The van der Waals surface area contributed by atoms with Gasteiger partial charge in [0.25, 0.3) is 0 Å². The van der Waals surface area contributed by atoms with Gasteiger partial charge in [0, 0.05) is 0 Å². The van der Waals surface area contributed by atoms with Crippen LogP contribution in [0.3, 0.4) is 0 Å². The number of rotatable bonds is 6. The first-order chi connectivity index (χ1) is 9.70. The largest absolute Gasteiger partial charge is 0.480 e. The highest BCUT2D eigenvalue weighted by Crippen LogP contribution is 2.24. The average Bonchev–Trinajstić information content (AvgIpc) is 2.48. The fraction of sp³-hybridized carbons (Fsp3) is 0.588. The maximum atomic E-state index is 11.2. The number of carboxylic acids is 1. The molecule has 110 valence electrons. The minimum absolute atomic E-state index is 0.287. The number of aliphatic carboxylic acids is 1. The standard InChI is InChI=1S/C17H25NO2/c1-2-16(17(19)20)18-12-10-15(11-13-18)9-8-14-6-4-3-5-7-14/h3-7,15-16H,2,8-13H2,1H3,(H,19,20). The summed E-state index contributed by atoms with van der Waals surface area (Å²) < 4.78 is 0. The molecular weight excluding hydrogens is 250 g/mol. The number of carboxylic acid groups (broad SMARTS) is 1. The SMILES string of the molecule is CCC(C(=O)O)N1CCC(CCc2ccccc2)CC1. The lowest BCUT2D eigenvalue weighted by molar-refractivity contribution is -0.144. The molecule has 1 heterocycles. The van der Waals surface area contributed by atoms with Crippen molar-refractivity contribution in [3.05, 3.63) is 35.9 Å². The lowest BCUT2D eigenvalue weighted by atomic mass is 9.90. The van der Waals surface area contributed by atoms with Crippen molar-refractivity contribution in [2.24, 2.45) is 5.92 Å². The number of likely N-dealkylation sites (tertiary alicyclic amines) is 1. The summed E-state index contributed by atoms with van der Waals surface area (Å²) in [6, 6.07) is 10.3. The van der Waals surface area contributed by atoms with E-state index in [0.717, 1.165) is 38.3 Å². The number of hydrogen-bond acceptors (Lipinski definition) is 2. The van der Waals surface area contributed by atoms with Gasteiger partial charge in [0.2, 0.25) is 0 Å². The number of piperidine rings is 1. The van der Waals surface area contributed by atoms with Gasteiger partial charge in [-0.1, -0.05) is 37.3 Å². The molecule has 20 heavy (non-hydrogen) atoms. The second kappa shape index (κ2) is 7.44. The van der Waals surface area contributed by atoms with Gasteiger partial charge >= 0.3 is 5.97 Å². The van der Waals surface area contributed by atoms with Crippen LogP contribution in [0.15, 0.2) is 30.3 Å². The number of carbonyl (C=O) groups is 1. The molecule has 1 atom stereocenters. The van der Waals surface area contributed by atoms with E-state index >= 15 is 0 Å².